The van der Waals surface area contributed by atoms with Crippen molar-refractivity contribution in [1.82, 2.24) is 4.90 Å². The van der Waals surface area contributed by atoms with Gasteiger partial charge in [-0.15, -0.1) is 0 Å². The van der Waals surface area contributed by atoms with Gasteiger partial charge in [-0.1, -0.05) is 0 Å². The van der Waals surface area contributed by atoms with Crippen molar-refractivity contribution < 1.29 is 9.90 Å². The van der Waals surface area contributed by atoms with Crippen LogP contribution in [0.2, 0.25) is 0 Å². The van der Waals surface area contributed by atoms with E-state index in [9.17, 15) is 4.79 Å². The summed E-state index contributed by atoms with van der Waals surface area (Å²) in [5, 5.41) is 8.24. The molecule has 58 valence electrons. The number of carbonyl (C=O) groups is 1. The minimum Gasteiger partial charge on any atom is -0.478 e. The highest BCUT2D eigenvalue weighted by atomic mass is 16.4. The van der Waals surface area contributed by atoms with E-state index in [4.69, 9.17) is 5.11 Å². The molecule has 0 saturated heterocycles. The van der Waals surface area contributed by atoms with E-state index in [1.54, 1.807) is 6.20 Å². The molecule has 0 aromatic heterocycles. The van der Waals surface area contributed by atoms with Gasteiger partial charge < -0.3 is 10.0 Å². The number of hydrogen-bond donors (Lipinski definition) is 1. The summed E-state index contributed by atoms with van der Waals surface area (Å²) in [5.41, 5.74) is 0. The molecule has 0 spiro atoms. The Kier molecular flexibility index (Phi) is 4.37. The lowest BCUT2D eigenvalue weighted by molar-refractivity contribution is -0.131. The fourth-order valence-electron chi connectivity index (χ4n) is 0.604. The van der Waals surface area contributed by atoms with Gasteiger partial charge in [-0.25, -0.2) is 4.79 Å². The highest BCUT2D eigenvalue weighted by molar-refractivity contribution is 5.79. The van der Waals surface area contributed by atoms with Crippen LogP contribution in [0.1, 0.15) is 13.8 Å². The number of nitrogens with zero attached hydrogens (tertiary/aromatic N) is 1. The Balaban J connectivity index is 3.72. The fourth-order valence-corrected chi connectivity index (χ4v) is 0.604. The number of carboxylic acids is 1. The molecule has 0 fully saturated rings. The molecule has 0 radical (unpaired) electrons. The van der Waals surface area contributed by atoms with E-state index in [1.165, 1.54) is 0 Å². The monoisotopic (exact) mass is 143 g/mol. The first-order valence-electron chi connectivity index (χ1n) is 3.35. The maximum absolute atomic E-state index is 10.0. The molecule has 0 heterocycles. The SMILES string of the molecule is CCN(/C=C/C(=O)O)CC. The van der Waals surface area contributed by atoms with E-state index in [2.05, 4.69) is 0 Å². The van der Waals surface area contributed by atoms with E-state index >= 15 is 0 Å². The van der Waals surface area contributed by atoms with Crippen molar-refractivity contribution in [1.29, 1.82) is 0 Å². The van der Waals surface area contributed by atoms with Crippen molar-refractivity contribution >= 4 is 5.97 Å². The Morgan fingerprint density at radius 2 is 2.00 bits per heavy atom. The van der Waals surface area contributed by atoms with Crippen LogP contribution in [-0.4, -0.2) is 29.1 Å². The molecule has 0 unspecified atom stereocenters. The van der Waals surface area contributed by atoms with Crippen molar-refractivity contribution in [2.75, 3.05) is 13.1 Å². The van der Waals surface area contributed by atoms with Crippen LogP contribution in [0.3, 0.4) is 0 Å². The Bertz CT molecular complexity index is 128. The summed E-state index contributed by atoms with van der Waals surface area (Å²) in [6, 6.07) is 0. The van der Waals surface area contributed by atoms with E-state index in [1.807, 2.05) is 18.7 Å². The average molecular weight is 143 g/mol. The lowest BCUT2D eigenvalue weighted by Gasteiger charge is -2.13. The molecule has 0 aromatic carbocycles. The second-order valence-corrected chi connectivity index (χ2v) is 1.88. The third kappa shape index (κ3) is 3.95. The topological polar surface area (TPSA) is 40.5 Å². The Labute approximate surface area is 61.0 Å². The van der Waals surface area contributed by atoms with Crippen LogP contribution in [0.25, 0.3) is 0 Å². The zero-order chi connectivity index (χ0) is 7.98. The van der Waals surface area contributed by atoms with Gasteiger partial charge in [-0.3, -0.25) is 0 Å². The first-order valence-corrected chi connectivity index (χ1v) is 3.35. The zero-order valence-corrected chi connectivity index (χ0v) is 6.37. The number of hydrogen-bond acceptors (Lipinski definition) is 2. The molecule has 0 atom stereocenters. The van der Waals surface area contributed by atoms with Gasteiger partial charge in [0.15, 0.2) is 0 Å². The summed E-state index contributed by atoms with van der Waals surface area (Å²) in [4.78, 5) is 11.9. The summed E-state index contributed by atoms with van der Waals surface area (Å²) < 4.78 is 0. The van der Waals surface area contributed by atoms with Gasteiger partial charge in [-0.05, 0) is 13.8 Å². The van der Waals surface area contributed by atoms with Gasteiger partial charge in [0, 0.05) is 25.4 Å². The minimum atomic E-state index is -0.896. The highest BCUT2D eigenvalue weighted by Gasteiger charge is 1.90. The van der Waals surface area contributed by atoms with Crippen molar-refractivity contribution in [3.63, 3.8) is 0 Å². The summed E-state index contributed by atoms with van der Waals surface area (Å²) in [5.74, 6) is -0.896. The van der Waals surface area contributed by atoms with Crippen LogP contribution >= 0.6 is 0 Å². The Morgan fingerprint density at radius 3 is 2.30 bits per heavy atom. The molecule has 0 aliphatic rings. The number of rotatable bonds is 4. The van der Waals surface area contributed by atoms with E-state index in [-0.39, 0.29) is 0 Å². The molecular formula is C7H13NO2. The summed E-state index contributed by atoms with van der Waals surface area (Å²) in [6.07, 6.45) is 2.73. The smallest absolute Gasteiger partial charge is 0.329 e. The van der Waals surface area contributed by atoms with Crippen molar-refractivity contribution in [2.45, 2.75) is 13.8 Å². The van der Waals surface area contributed by atoms with E-state index in [0.717, 1.165) is 19.2 Å². The maximum Gasteiger partial charge on any atom is 0.329 e. The van der Waals surface area contributed by atoms with Crippen LogP contribution in [-0.2, 0) is 4.79 Å². The molecule has 0 aliphatic carbocycles. The van der Waals surface area contributed by atoms with Crippen LogP contribution in [0.5, 0.6) is 0 Å². The molecule has 1 N–H and O–H groups in total. The summed E-state index contributed by atoms with van der Waals surface area (Å²) >= 11 is 0. The molecule has 0 bridgehead atoms. The van der Waals surface area contributed by atoms with Crippen molar-refractivity contribution in [3.05, 3.63) is 12.3 Å². The van der Waals surface area contributed by atoms with Gasteiger partial charge in [0.1, 0.15) is 0 Å². The van der Waals surface area contributed by atoms with E-state index in [0.29, 0.717) is 0 Å². The van der Waals surface area contributed by atoms with Crippen molar-refractivity contribution in [2.24, 2.45) is 0 Å². The van der Waals surface area contributed by atoms with Crippen LogP contribution in [0, 0.1) is 0 Å². The van der Waals surface area contributed by atoms with Crippen LogP contribution in [0.4, 0.5) is 0 Å². The van der Waals surface area contributed by atoms with Crippen molar-refractivity contribution in [3.8, 4) is 0 Å². The molecule has 0 amide bonds. The Hall–Kier alpha value is -0.990. The van der Waals surface area contributed by atoms with Gasteiger partial charge in [-0.2, -0.15) is 0 Å². The molecule has 3 heteroatoms. The molecule has 0 aliphatic heterocycles. The molecule has 10 heavy (non-hydrogen) atoms. The molecule has 3 nitrogen and oxygen atoms in total. The third-order valence-electron chi connectivity index (χ3n) is 1.24. The fraction of sp³-hybridized carbons (Fsp3) is 0.571. The molecular weight excluding hydrogens is 130 g/mol. The predicted molar refractivity (Wildman–Crippen MR) is 39.7 cm³/mol. The van der Waals surface area contributed by atoms with Gasteiger partial charge in [0.05, 0.1) is 0 Å². The largest absolute Gasteiger partial charge is 0.478 e. The van der Waals surface area contributed by atoms with Gasteiger partial charge >= 0.3 is 5.97 Å². The summed E-state index contributed by atoms with van der Waals surface area (Å²) in [7, 11) is 0. The third-order valence-corrected chi connectivity index (χ3v) is 1.24. The standard InChI is InChI=1S/C7H13NO2/c1-3-8(4-2)6-5-7(9)10/h5-6H,3-4H2,1-2H3,(H,9,10)/b6-5+. The normalized spacial score (nSPS) is 10.2. The highest BCUT2D eigenvalue weighted by Crippen LogP contribution is 1.87. The second kappa shape index (κ2) is 4.85. The van der Waals surface area contributed by atoms with Crippen LogP contribution < -0.4 is 0 Å². The average Bonchev–Trinajstić information content (AvgIpc) is 1.90. The molecule has 0 aromatic rings. The lowest BCUT2D eigenvalue weighted by atomic mass is 10.5. The number of aliphatic carboxylic acids is 1. The first-order chi connectivity index (χ1) is 4.70. The maximum atomic E-state index is 10.0. The second-order valence-electron chi connectivity index (χ2n) is 1.88. The Morgan fingerprint density at radius 1 is 1.50 bits per heavy atom. The van der Waals surface area contributed by atoms with E-state index < -0.39 is 5.97 Å². The number of carboxylic acid groups (broad SMARTS) is 1. The quantitative estimate of drug-likeness (QED) is 0.595. The van der Waals surface area contributed by atoms with Gasteiger partial charge in [0.25, 0.3) is 0 Å². The summed E-state index contributed by atoms with van der Waals surface area (Å²) in [6.45, 7) is 5.66. The van der Waals surface area contributed by atoms with Crippen LogP contribution in [0.15, 0.2) is 12.3 Å². The lowest BCUT2D eigenvalue weighted by Crippen LogP contribution is -2.15. The minimum absolute atomic E-state index is 0.847. The zero-order valence-electron chi connectivity index (χ0n) is 6.37. The molecule has 0 rings (SSSR count). The first kappa shape index (κ1) is 9.01. The predicted octanol–water partition coefficient (Wildman–Crippen LogP) is 0.926. The molecule has 0 saturated carbocycles. The van der Waals surface area contributed by atoms with Gasteiger partial charge in [0.2, 0.25) is 0 Å².